The van der Waals surface area contributed by atoms with Gasteiger partial charge >= 0.3 is 0 Å². The molecule has 1 saturated heterocycles. The number of alkyl halides is 1. The number of hydrogen-bond donors (Lipinski definition) is 0. The van der Waals surface area contributed by atoms with E-state index in [1.54, 1.807) is 6.07 Å². The first-order valence-electron chi connectivity index (χ1n) is 6.87. The predicted octanol–water partition coefficient (Wildman–Crippen LogP) is 3.80. The lowest BCUT2D eigenvalue weighted by molar-refractivity contribution is 0.458. The van der Waals surface area contributed by atoms with E-state index in [4.69, 9.17) is 11.6 Å². The Hall–Kier alpha value is -0.460. The van der Waals surface area contributed by atoms with Crippen molar-refractivity contribution in [1.82, 2.24) is 9.55 Å². The Morgan fingerprint density at radius 1 is 1.43 bits per heavy atom. The minimum atomic E-state index is -0.716. The fourth-order valence-corrected chi connectivity index (χ4v) is 4.62. The Morgan fingerprint density at radius 3 is 2.81 bits per heavy atom. The molecule has 0 bridgehead atoms. The second-order valence-electron chi connectivity index (χ2n) is 5.17. The third-order valence-corrected chi connectivity index (χ3v) is 6.02. The molecule has 0 atom stereocenters. The summed E-state index contributed by atoms with van der Waals surface area (Å²) in [5.41, 5.74) is 1.57. The van der Waals surface area contributed by atoms with Crippen LogP contribution in [0.25, 0.3) is 11.0 Å². The molecule has 0 amide bonds. The van der Waals surface area contributed by atoms with Gasteiger partial charge in [0.05, 0.1) is 15.5 Å². The number of imidazole rings is 1. The van der Waals surface area contributed by atoms with Gasteiger partial charge in [0.25, 0.3) is 0 Å². The monoisotopic (exact) mass is 392 g/mol. The van der Waals surface area contributed by atoms with Gasteiger partial charge in [-0.3, -0.25) is 4.21 Å². The van der Waals surface area contributed by atoms with Gasteiger partial charge < -0.3 is 4.57 Å². The topological polar surface area (TPSA) is 34.9 Å². The first-order chi connectivity index (χ1) is 10.1. The molecule has 0 N–H and O–H groups in total. The van der Waals surface area contributed by atoms with Crippen molar-refractivity contribution in [3.05, 3.63) is 28.2 Å². The minimum Gasteiger partial charge on any atom is -0.325 e. The Kier molecular flexibility index (Phi) is 4.66. The van der Waals surface area contributed by atoms with Crippen molar-refractivity contribution in [2.45, 2.75) is 25.3 Å². The third-order valence-electron chi connectivity index (χ3n) is 3.85. The highest BCUT2D eigenvalue weighted by Gasteiger charge is 2.24. The van der Waals surface area contributed by atoms with Crippen molar-refractivity contribution in [3.63, 3.8) is 0 Å². The predicted molar refractivity (Wildman–Crippen MR) is 88.0 cm³/mol. The van der Waals surface area contributed by atoms with E-state index in [-0.39, 0.29) is 11.9 Å². The number of rotatable bonds is 3. The van der Waals surface area contributed by atoms with Gasteiger partial charge in [-0.05, 0) is 34.8 Å². The molecule has 0 unspecified atom stereocenters. The molecule has 1 fully saturated rings. The second-order valence-corrected chi connectivity index (χ2v) is 8.10. The number of nitrogens with zero attached hydrogens (tertiary/aromatic N) is 2. The zero-order chi connectivity index (χ0) is 15.0. The molecule has 7 heteroatoms. The molecule has 1 aromatic carbocycles. The Bertz CT molecular complexity index is 696. The zero-order valence-electron chi connectivity index (χ0n) is 11.3. The van der Waals surface area contributed by atoms with E-state index in [2.05, 4.69) is 25.5 Å². The van der Waals surface area contributed by atoms with Crippen LogP contribution in [0.5, 0.6) is 0 Å². The van der Waals surface area contributed by atoms with Crippen LogP contribution < -0.4 is 0 Å². The zero-order valence-corrected chi connectivity index (χ0v) is 14.5. The summed E-state index contributed by atoms with van der Waals surface area (Å²) in [5, 5.41) is 0. The van der Waals surface area contributed by atoms with Crippen LogP contribution >= 0.6 is 27.5 Å². The third kappa shape index (κ3) is 3.03. The number of benzene rings is 1. The molecule has 0 spiro atoms. The van der Waals surface area contributed by atoms with Crippen LogP contribution in [0, 0.1) is 5.82 Å². The standard InChI is InChI=1S/C14H15BrClFN2OS/c15-10-7-12-13(8-11(10)17)19(14(18-12)1-4-16)9-2-5-21(20)6-3-9/h7-9H,1-6H2. The second kappa shape index (κ2) is 6.34. The van der Waals surface area contributed by atoms with Gasteiger partial charge in [0, 0.05) is 46.7 Å². The smallest absolute Gasteiger partial charge is 0.139 e. The average molecular weight is 394 g/mol. The van der Waals surface area contributed by atoms with Crippen LogP contribution in [0.2, 0.25) is 0 Å². The molecule has 1 aliphatic rings. The maximum atomic E-state index is 13.9. The fourth-order valence-electron chi connectivity index (χ4n) is 2.85. The van der Waals surface area contributed by atoms with Crippen LogP contribution in [-0.2, 0) is 17.2 Å². The normalized spacial score (nSPS) is 22.8. The molecule has 0 radical (unpaired) electrons. The van der Waals surface area contributed by atoms with E-state index in [0.717, 1.165) is 29.7 Å². The number of aromatic nitrogens is 2. The summed E-state index contributed by atoms with van der Waals surface area (Å²) in [6, 6.07) is 3.46. The molecule has 21 heavy (non-hydrogen) atoms. The van der Waals surface area contributed by atoms with E-state index in [1.807, 2.05) is 0 Å². The van der Waals surface area contributed by atoms with Gasteiger partial charge in [-0.25, -0.2) is 9.37 Å². The Labute approximate surface area is 138 Å². The van der Waals surface area contributed by atoms with Gasteiger partial charge in [-0.15, -0.1) is 11.6 Å². The fraction of sp³-hybridized carbons (Fsp3) is 0.500. The molecule has 1 aliphatic heterocycles. The molecular weight excluding hydrogens is 379 g/mol. The molecule has 2 aromatic rings. The molecule has 3 nitrogen and oxygen atoms in total. The van der Waals surface area contributed by atoms with E-state index in [1.165, 1.54) is 6.07 Å². The summed E-state index contributed by atoms with van der Waals surface area (Å²) >= 11 is 9.08. The maximum absolute atomic E-state index is 13.9. The molecule has 0 aliphatic carbocycles. The summed E-state index contributed by atoms with van der Waals surface area (Å²) in [5.74, 6) is 2.47. The van der Waals surface area contributed by atoms with Gasteiger partial charge in [0.2, 0.25) is 0 Å². The lowest BCUT2D eigenvalue weighted by Crippen LogP contribution is -2.23. The van der Waals surface area contributed by atoms with Crippen molar-refractivity contribution >= 4 is 49.4 Å². The van der Waals surface area contributed by atoms with E-state index in [9.17, 15) is 8.60 Å². The van der Waals surface area contributed by atoms with Crippen molar-refractivity contribution < 1.29 is 8.60 Å². The highest BCUT2D eigenvalue weighted by molar-refractivity contribution is 9.10. The van der Waals surface area contributed by atoms with Crippen LogP contribution in [-0.4, -0.2) is 31.1 Å². The van der Waals surface area contributed by atoms with Gasteiger partial charge in [0.15, 0.2) is 0 Å². The number of hydrogen-bond acceptors (Lipinski definition) is 2. The highest BCUT2D eigenvalue weighted by Crippen LogP contribution is 2.31. The first kappa shape index (κ1) is 15.4. The summed E-state index contributed by atoms with van der Waals surface area (Å²) < 4.78 is 28.0. The molecule has 114 valence electrons. The lowest BCUT2D eigenvalue weighted by Gasteiger charge is -2.25. The van der Waals surface area contributed by atoms with Crippen LogP contribution in [0.15, 0.2) is 16.6 Å². The molecule has 3 rings (SSSR count). The quantitative estimate of drug-likeness (QED) is 0.743. The van der Waals surface area contributed by atoms with Crippen molar-refractivity contribution in [1.29, 1.82) is 0 Å². The molecule has 0 saturated carbocycles. The highest BCUT2D eigenvalue weighted by atomic mass is 79.9. The van der Waals surface area contributed by atoms with E-state index >= 15 is 0 Å². The summed E-state index contributed by atoms with van der Waals surface area (Å²) in [6.07, 6.45) is 2.32. The minimum absolute atomic E-state index is 0.228. The van der Waals surface area contributed by atoms with Crippen molar-refractivity contribution in [2.24, 2.45) is 0 Å². The van der Waals surface area contributed by atoms with E-state index in [0.29, 0.717) is 28.3 Å². The van der Waals surface area contributed by atoms with Gasteiger partial charge in [-0.2, -0.15) is 0 Å². The van der Waals surface area contributed by atoms with Crippen LogP contribution in [0.4, 0.5) is 4.39 Å². The van der Waals surface area contributed by atoms with Crippen molar-refractivity contribution in [2.75, 3.05) is 17.4 Å². The van der Waals surface area contributed by atoms with Crippen LogP contribution in [0.1, 0.15) is 24.7 Å². The maximum Gasteiger partial charge on any atom is 0.139 e. The number of aryl methyl sites for hydroxylation is 1. The summed E-state index contributed by atoms with van der Waals surface area (Å²) in [4.78, 5) is 4.60. The lowest BCUT2D eigenvalue weighted by atomic mass is 10.1. The van der Waals surface area contributed by atoms with Crippen LogP contribution in [0.3, 0.4) is 0 Å². The van der Waals surface area contributed by atoms with E-state index < -0.39 is 10.8 Å². The number of fused-ring (bicyclic) bond motifs is 1. The first-order valence-corrected chi connectivity index (χ1v) is 9.68. The SMILES string of the molecule is O=S1CCC(n2c(CCCl)nc3cc(Br)c(F)cc32)CC1. The number of halogens is 3. The average Bonchev–Trinajstić information content (AvgIpc) is 2.78. The molecule has 2 heterocycles. The Morgan fingerprint density at radius 2 is 2.14 bits per heavy atom. The van der Waals surface area contributed by atoms with Crippen molar-refractivity contribution in [3.8, 4) is 0 Å². The summed E-state index contributed by atoms with van der Waals surface area (Å²) in [6.45, 7) is 0. The molecule has 1 aromatic heterocycles. The van der Waals surface area contributed by atoms with Gasteiger partial charge in [-0.1, -0.05) is 0 Å². The largest absolute Gasteiger partial charge is 0.325 e. The van der Waals surface area contributed by atoms with Gasteiger partial charge in [0.1, 0.15) is 11.6 Å². The Balaban J connectivity index is 2.11. The summed E-state index contributed by atoms with van der Waals surface area (Å²) in [7, 11) is -0.716. The molecular formula is C14H15BrClFN2OS.